The lowest BCUT2D eigenvalue weighted by Gasteiger charge is -2.04. The Kier molecular flexibility index (Phi) is 4.77. The number of carboxylic acid groups (broad SMARTS) is 1. The van der Waals surface area contributed by atoms with Crippen LogP contribution in [0.5, 0.6) is 0 Å². The molecule has 0 aliphatic rings. The Labute approximate surface area is 98.0 Å². The van der Waals surface area contributed by atoms with Gasteiger partial charge in [-0.3, -0.25) is 4.68 Å². The number of rotatable bonds is 6. The van der Waals surface area contributed by atoms with Crippen molar-refractivity contribution in [2.24, 2.45) is 5.11 Å². The zero-order chi connectivity index (χ0) is 12.7. The molecular formula is C10H13N5O2. The molecule has 90 valence electrons. The third-order valence-corrected chi connectivity index (χ3v) is 2.14. The van der Waals surface area contributed by atoms with Crippen LogP contribution in [0.2, 0.25) is 0 Å². The highest BCUT2D eigenvalue weighted by molar-refractivity contribution is 5.71. The summed E-state index contributed by atoms with van der Waals surface area (Å²) in [5.41, 5.74) is 8.88. The van der Waals surface area contributed by atoms with Crippen LogP contribution in [0.4, 0.5) is 0 Å². The van der Waals surface area contributed by atoms with Gasteiger partial charge < -0.3 is 5.11 Å². The maximum atomic E-state index is 10.7. The highest BCUT2D eigenvalue weighted by Crippen LogP contribution is 2.08. The van der Waals surface area contributed by atoms with E-state index < -0.39 is 12.0 Å². The molecule has 17 heavy (non-hydrogen) atoms. The quantitative estimate of drug-likeness (QED) is 0.354. The zero-order valence-electron chi connectivity index (χ0n) is 9.39. The fourth-order valence-corrected chi connectivity index (χ4v) is 1.16. The van der Waals surface area contributed by atoms with Crippen LogP contribution in [-0.2, 0) is 4.79 Å². The number of nitrogens with zero attached hydrogens (tertiary/aromatic N) is 5. The molecule has 0 radical (unpaired) electrons. The lowest BCUT2D eigenvalue weighted by Crippen LogP contribution is -2.15. The van der Waals surface area contributed by atoms with Gasteiger partial charge in [0.15, 0.2) is 0 Å². The molecule has 1 heterocycles. The van der Waals surface area contributed by atoms with E-state index in [-0.39, 0.29) is 0 Å². The van der Waals surface area contributed by atoms with E-state index in [4.69, 9.17) is 10.6 Å². The van der Waals surface area contributed by atoms with Crippen molar-refractivity contribution in [3.8, 4) is 0 Å². The first-order valence-corrected chi connectivity index (χ1v) is 5.09. The van der Waals surface area contributed by atoms with Crippen molar-refractivity contribution in [2.45, 2.75) is 19.4 Å². The fourth-order valence-electron chi connectivity index (χ4n) is 1.16. The van der Waals surface area contributed by atoms with E-state index in [1.165, 1.54) is 4.68 Å². The molecule has 0 amide bonds. The van der Waals surface area contributed by atoms with Gasteiger partial charge in [0.1, 0.15) is 6.04 Å². The van der Waals surface area contributed by atoms with Crippen molar-refractivity contribution in [3.05, 3.63) is 34.5 Å². The van der Waals surface area contributed by atoms with Gasteiger partial charge in [-0.15, -0.1) is 0 Å². The molecule has 1 rings (SSSR count). The van der Waals surface area contributed by atoms with E-state index in [2.05, 4.69) is 15.1 Å². The summed E-state index contributed by atoms with van der Waals surface area (Å²) in [5.74, 6) is -0.924. The van der Waals surface area contributed by atoms with Crippen molar-refractivity contribution in [1.29, 1.82) is 0 Å². The van der Waals surface area contributed by atoms with Crippen LogP contribution in [0.15, 0.2) is 23.6 Å². The Bertz CT molecular complexity index is 459. The van der Waals surface area contributed by atoms with Gasteiger partial charge in [-0.1, -0.05) is 17.3 Å². The molecule has 0 bridgehead atoms. The first kappa shape index (κ1) is 12.8. The Hall–Kier alpha value is -2.27. The average molecular weight is 235 g/mol. The van der Waals surface area contributed by atoms with Gasteiger partial charge in [0.2, 0.25) is 0 Å². The first-order chi connectivity index (χ1) is 8.15. The van der Waals surface area contributed by atoms with Gasteiger partial charge in [-0.25, -0.2) is 4.79 Å². The summed E-state index contributed by atoms with van der Waals surface area (Å²) in [6.07, 6.45) is 7.54. The second kappa shape index (κ2) is 6.34. The minimum atomic E-state index is -0.924. The summed E-state index contributed by atoms with van der Waals surface area (Å²) in [6.45, 7) is 1.97. The molecule has 7 heteroatoms. The monoisotopic (exact) mass is 235 g/mol. The summed E-state index contributed by atoms with van der Waals surface area (Å²) in [6, 6.07) is -0.680. The number of hydrogen-bond acceptors (Lipinski definition) is 3. The Morgan fingerprint density at radius 1 is 1.82 bits per heavy atom. The predicted octanol–water partition coefficient (Wildman–Crippen LogP) is 2.24. The fraction of sp³-hybridized carbons (Fsp3) is 0.400. The number of aliphatic carboxylic acids is 1. The van der Waals surface area contributed by atoms with E-state index in [9.17, 15) is 4.79 Å². The van der Waals surface area contributed by atoms with E-state index in [0.717, 1.165) is 5.56 Å². The molecule has 0 aliphatic heterocycles. The molecule has 0 saturated carbocycles. The van der Waals surface area contributed by atoms with Crippen molar-refractivity contribution < 1.29 is 9.90 Å². The van der Waals surface area contributed by atoms with Gasteiger partial charge in [-0.05, 0) is 18.9 Å². The molecule has 0 saturated heterocycles. The van der Waals surface area contributed by atoms with Gasteiger partial charge in [0, 0.05) is 23.2 Å². The molecule has 0 aliphatic carbocycles. The highest BCUT2D eigenvalue weighted by Gasteiger charge is 2.13. The van der Waals surface area contributed by atoms with Crippen LogP contribution in [-0.4, -0.2) is 27.4 Å². The topological polar surface area (TPSA) is 104 Å². The summed E-state index contributed by atoms with van der Waals surface area (Å²) >= 11 is 0. The van der Waals surface area contributed by atoms with Crippen LogP contribution < -0.4 is 0 Å². The smallest absolute Gasteiger partial charge is 0.328 e. The lowest BCUT2D eigenvalue weighted by molar-refractivity contribution is -0.140. The number of carbonyl (C=O) groups is 1. The van der Waals surface area contributed by atoms with E-state index in [1.807, 2.05) is 12.2 Å². The van der Waals surface area contributed by atoms with Crippen LogP contribution in [0.25, 0.3) is 16.5 Å². The molecule has 1 aromatic rings. The second-order valence-corrected chi connectivity index (χ2v) is 3.41. The molecule has 0 fully saturated rings. The van der Waals surface area contributed by atoms with Gasteiger partial charge in [0.05, 0.1) is 6.20 Å². The van der Waals surface area contributed by atoms with Crippen LogP contribution in [0.1, 0.15) is 24.9 Å². The summed E-state index contributed by atoms with van der Waals surface area (Å²) in [4.78, 5) is 13.4. The maximum absolute atomic E-state index is 10.7. The largest absolute Gasteiger partial charge is 0.480 e. The van der Waals surface area contributed by atoms with E-state index in [1.54, 1.807) is 19.3 Å². The standard InChI is InChI=1S/C10H13N5O2/c1-8(10(16)17)15-7-9(6-13-15)4-2-3-5-12-14-11/h2,4,6-8H,3,5H2,1H3,(H,16,17)/t8-/m0/s1. The predicted molar refractivity (Wildman–Crippen MR) is 62.2 cm³/mol. The molecular weight excluding hydrogens is 222 g/mol. The first-order valence-electron chi connectivity index (χ1n) is 5.09. The lowest BCUT2D eigenvalue weighted by atomic mass is 10.3. The molecule has 7 nitrogen and oxygen atoms in total. The van der Waals surface area contributed by atoms with Crippen LogP contribution in [0.3, 0.4) is 0 Å². The number of azide groups is 1. The van der Waals surface area contributed by atoms with Crippen molar-refractivity contribution in [3.63, 3.8) is 0 Å². The Morgan fingerprint density at radius 2 is 2.59 bits per heavy atom. The van der Waals surface area contributed by atoms with Gasteiger partial charge >= 0.3 is 5.97 Å². The number of hydrogen-bond donors (Lipinski definition) is 1. The van der Waals surface area contributed by atoms with Crippen LogP contribution in [0, 0.1) is 0 Å². The number of carboxylic acids is 1. The van der Waals surface area contributed by atoms with Crippen molar-refractivity contribution >= 4 is 12.0 Å². The normalized spacial score (nSPS) is 12.3. The summed E-state index contributed by atoms with van der Waals surface area (Å²) < 4.78 is 1.38. The molecule has 1 atom stereocenters. The molecule has 1 N–H and O–H groups in total. The molecule has 0 spiro atoms. The van der Waals surface area contributed by atoms with Gasteiger partial charge in [-0.2, -0.15) is 5.10 Å². The van der Waals surface area contributed by atoms with E-state index >= 15 is 0 Å². The van der Waals surface area contributed by atoms with Crippen molar-refractivity contribution in [2.75, 3.05) is 6.54 Å². The maximum Gasteiger partial charge on any atom is 0.328 e. The third-order valence-electron chi connectivity index (χ3n) is 2.14. The summed E-state index contributed by atoms with van der Waals surface area (Å²) in [7, 11) is 0. The van der Waals surface area contributed by atoms with Crippen LogP contribution >= 0.6 is 0 Å². The molecule has 1 aromatic heterocycles. The summed E-state index contributed by atoms with van der Waals surface area (Å²) in [5, 5.41) is 16.1. The Morgan fingerprint density at radius 3 is 3.24 bits per heavy atom. The molecule has 0 aromatic carbocycles. The van der Waals surface area contributed by atoms with Gasteiger partial charge in [0.25, 0.3) is 0 Å². The third kappa shape index (κ3) is 4.00. The minimum Gasteiger partial charge on any atom is -0.480 e. The minimum absolute atomic E-state index is 0.409. The van der Waals surface area contributed by atoms with E-state index in [0.29, 0.717) is 13.0 Å². The molecule has 0 unspecified atom stereocenters. The highest BCUT2D eigenvalue weighted by atomic mass is 16.4. The zero-order valence-corrected chi connectivity index (χ0v) is 9.39. The number of aromatic nitrogens is 2. The average Bonchev–Trinajstić information content (AvgIpc) is 2.76. The second-order valence-electron chi connectivity index (χ2n) is 3.41. The Balaban J connectivity index is 2.56. The van der Waals surface area contributed by atoms with Crippen molar-refractivity contribution in [1.82, 2.24) is 9.78 Å². The SMILES string of the molecule is C[C@@H](C(=O)O)n1cc(C=CCCN=[N+]=[N-])cn1.